The average molecular weight is 501 g/mol. The predicted molar refractivity (Wildman–Crippen MR) is 135 cm³/mol. The van der Waals surface area contributed by atoms with Gasteiger partial charge in [0.2, 0.25) is 0 Å². The van der Waals surface area contributed by atoms with Crippen LogP contribution in [-0.2, 0) is 17.8 Å². The van der Waals surface area contributed by atoms with Gasteiger partial charge in [-0.15, -0.1) is 0 Å². The maximum atomic E-state index is 13.7. The van der Waals surface area contributed by atoms with Crippen molar-refractivity contribution in [1.82, 2.24) is 9.55 Å². The molecule has 2 aromatic heterocycles. The molecule has 1 atom stereocenters. The number of aromatic hydroxyl groups is 1. The number of nitrogens with one attached hydrogen (secondary N) is 1. The Morgan fingerprint density at radius 2 is 1.70 bits per heavy atom. The summed E-state index contributed by atoms with van der Waals surface area (Å²) in [6.45, 7) is 3.03. The molecule has 2 aromatic carbocycles. The van der Waals surface area contributed by atoms with Crippen LogP contribution in [0.1, 0.15) is 34.7 Å². The number of H-pyrrole nitrogens is 1. The van der Waals surface area contributed by atoms with Gasteiger partial charge >= 0.3 is 5.97 Å². The molecule has 2 N–H and O–H groups in total. The summed E-state index contributed by atoms with van der Waals surface area (Å²) < 4.78 is 18.4. The standard InChI is InChI=1S/C28H24N2O7/c1-15-10-24-26(28(34)30(15)7-6-16-2-4-18(31)5-3-16)19(13-25(32)37-24)20-11-17-12-22-23(36-9-8-35-22)14-21(17)29-27(20)33/h2-5,10-12,14,19,31H,6-9,13H2,1H3,(H,29,33)/t19-/m0/s1. The second-order valence-corrected chi connectivity index (χ2v) is 9.30. The lowest BCUT2D eigenvalue weighted by Gasteiger charge is -2.26. The molecule has 2 aliphatic heterocycles. The van der Waals surface area contributed by atoms with Crippen molar-refractivity contribution in [2.24, 2.45) is 0 Å². The number of hydrogen-bond donors (Lipinski definition) is 2. The molecule has 2 aliphatic rings. The first-order valence-electron chi connectivity index (χ1n) is 12.1. The Morgan fingerprint density at radius 1 is 0.973 bits per heavy atom. The molecule has 4 aromatic rings. The first-order valence-corrected chi connectivity index (χ1v) is 12.1. The third-order valence-corrected chi connectivity index (χ3v) is 6.92. The highest BCUT2D eigenvalue weighted by Crippen LogP contribution is 2.38. The first-order chi connectivity index (χ1) is 17.9. The number of nitrogens with zero attached hydrogens (tertiary/aromatic N) is 1. The smallest absolute Gasteiger partial charge is 0.312 e. The van der Waals surface area contributed by atoms with Crippen LogP contribution in [-0.4, -0.2) is 33.8 Å². The van der Waals surface area contributed by atoms with Crippen LogP contribution >= 0.6 is 0 Å². The monoisotopic (exact) mass is 500 g/mol. The summed E-state index contributed by atoms with van der Waals surface area (Å²) in [5.41, 5.74) is 2.11. The fourth-order valence-electron chi connectivity index (χ4n) is 5.06. The van der Waals surface area contributed by atoms with E-state index in [0.29, 0.717) is 65.4 Å². The summed E-state index contributed by atoms with van der Waals surface area (Å²) in [6, 6.07) is 13.7. The van der Waals surface area contributed by atoms with Gasteiger partial charge in [-0.2, -0.15) is 0 Å². The topological polar surface area (TPSA) is 120 Å². The first kappa shape index (κ1) is 22.9. The number of aryl methyl sites for hydroxylation is 2. The number of ether oxygens (including phenoxy) is 3. The van der Waals surface area contributed by atoms with Gasteiger partial charge in [0.15, 0.2) is 11.5 Å². The van der Waals surface area contributed by atoms with Crippen LogP contribution in [0.4, 0.5) is 0 Å². The number of aromatic amines is 1. The van der Waals surface area contributed by atoms with E-state index >= 15 is 0 Å². The molecule has 37 heavy (non-hydrogen) atoms. The number of phenolic OH excluding ortho intramolecular Hbond substituents is 1. The van der Waals surface area contributed by atoms with Gasteiger partial charge in [0.1, 0.15) is 24.7 Å². The Balaban J connectivity index is 1.43. The lowest BCUT2D eigenvalue weighted by atomic mass is 9.87. The van der Waals surface area contributed by atoms with Gasteiger partial charge in [-0.25, -0.2) is 0 Å². The van der Waals surface area contributed by atoms with Gasteiger partial charge in [0.25, 0.3) is 11.1 Å². The number of carbonyl (C=O) groups is 1. The number of benzene rings is 2. The molecule has 9 nitrogen and oxygen atoms in total. The number of rotatable bonds is 4. The molecule has 0 bridgehead atoms. The highest BCUT2D eigenvalue weighted by molar-refractivity contribution is 5.84. The Morgan fingerprint density at radius 3 is 2.46 bits per heavy atom. The zero-order valence-electron chi connectivity index (χ0n) is 20.1. The Hall–Kier alpha value is -4.53. The fraction of sp³-hybridized carbons (Fsp3) is 0.250. The van der Waals surface area contributed by atoms with Crippen molar-refractivity contribution in [2.45, 2.75) is 32.2 Å². The number of esters is 1. The minimum Gasteiger partial charge on any atom is -0.508 e. The van der Waals surface area contributed by atoms with Crippen molar-refractivity contribution < 1.29 is 24.1 Å². The molecule has 9 heteroatoms. The van der Waals surface area contributed by atoms with Crippen LogP contribution in [0.3, 0.4) is 0 Å². The summed E-state index contributed by atoms with van der Waals surface area (Å²) in [5.74, 6) is 0.237. The van der Waals surface area contributed by atoms with E-state index in [2.05, 4.69) is 4.98 Å². The number of aromatic nitrogens is 2. The van der Waals surface area contributed by atoms with Gasteiger partial charge in [-0.3, -0.25) is 14.4 Å². The van der Waals surface area contributed by atoms with Crippen LogP contribution in [0, 0.1) is 6.92 Å². The van der Waals surface area contributed by atoms with Crippen LogP contribution in [0.5, 0.6) is 23.0 Å². The lowest BCUT2D eigenvalue weighted by molar-refractivity contribution is -0.135. The predicted octanol–water partition coefficient (Wildman–Crippen LogP) is 3.16. The van der Waals surface area contributed by atoms with E-state index in [1.807, 2.05) is 0 Å². The van der Waals surface area contributed by atoms with Crippen molar-refractivity contribution in [1.29, 1.82) is 0 Å². The van der Waals surface area contributed by atoms with Gasteiger partial charge in [0, 0.05) is 41.2 Å². The van der Waals surface area contributed by atoms with Crippen molar-refractivity contribution in [3.05, 3.63) is 91.6 Å². The van der Waals surface area contributed by atoms with Gasteiger partial charge < -0.3 is 28.9 Å². The third-order valence-electron chi connectivity index (χ3n) is 6.92. The lowest BCUT2D eigenvalue weighted by Crippen LogP contribution is -2.35. The summed E-state index contributed by atoms with van der Waals surface area (Å²) in [5, 5.41) is 10.2. The number of fused-ring (bicyclic) bond motifs is 3. The van der Waals surface area contributed by atoms with Crippen LogP contribution in [0.15, 0.2) is 58.1 Å². The number of carbonyl (C=O) groups excluding carboxylic acids is 1. The SMILES string of the molecule is Cc1cc2c(c(=O)n1CCc1ccc(O)cc1)[C@H](c1cc3cc4c(cc3[nH]c1=O)OCCO4)CC(=O)O2. The van der Waals surface area contributed by atoms with Crippen LogP contribution < -0.4 is 25.3 Å². The third kappa shape index (κ3) is 4.12. The van der Waals surface area contributed by atoms with Gasteiger partial charge in [-0.05, 0) is 43.2 Å². The Labute approximate surface area is 210 Å². The van der Waals surface area contributed by atoms with Crippen LogP contribution in [0.25, 0.3) is 10.9 Å². The van der Waals surface area contributed by atoms with Gasteiger partial charge in [-0.1, -0.05) is 12.1 Å². The molecule has 188 valence electrons. The highest BCUT2D eigenvalue weighted by Gasteiger charge is 2.34. The largest absolute Gasteiger partial charge is 0.508 e. The summed E-state index contributed by atoms with van der Waals surface area (Å²) >= 11 is 0. The normalized spacial score (nSPS) is 16.4. The number of pyridine rings is 2. The molecule has 6 rings (SSSR count). The number of phenols is 1. The van der Waals surface area contributed by atoms with E-state index in [4.69, 9.17) is 14.2 Å². The average Bonchev–Trinajstić information content (AvgIpc) is 2.87. The number of hydrogen-bond acceptors (Lipinski definition) is 7. The summed E-state index contributed by atoms with van der Waals surface area (Å²) in [4.78, 5) is 42.4. The minimum atomic E-state index is -0.759. The van der Waals surface area contributed by atoms with Crippen molar-refractivity contribution >= 4 is 16.9 Å². The van der Waals surface area contributed by atoms with Crippen molar-refractivity contribution in [2.75, 3.05) is 13.2 Å². The second kappa shape index (κ2) is 8.85. The molecule has 0 radical (unpaired) electrons. The molecule has 0 fully saturated rings. The van der Waals surface area contributed by atoms with Crippen molar-refractivity contribution in [3.63, 3.8) is 0 Å². The fourth-order valence-corrected chi connectivity index (χ4v) is 5.06. The van der Waals surface area contributed by atoms with E-state index < -0.39 is 11.9 Å². The summed E-state index contributed by atoms with van der Waals surface area (Å²) in [6.07, 6.45) is 0.441. The molecule has 0 spiro atoms. The molecule has 0 aliphatic carbocycles. The molecular weight excluding hydrogens is 476 g/mol. The minimum absolute atomic E-state index is 0.123. The van der Waals surface area contributed by atoms with Crippen LogP contribution in [0.2, 0.25) is 0 Å². The molecule has 0 amide bonds. The van der Waals surface area contributed by atoms with Crippen molar-refractivity contribution in [3.8, 4) is 23.0 Å². The zero-order chi connectivity index (χ0) is 25.7. The molecule has 0 saturated carbocycles. The maximum Gasteiger partial charge on any atom is 0.312 e. The van der Waals surface area contributed by atoms with E-state index in [9.17, 15) is 19.5 Å². The zero-order valence-corrected chi connectivity index (χ0v) is 20.1. The van der Waals surface area contributed by atoms with Gasteiger partial charge in [0.05, 0.1) is 17.5 Å². The summed E-state index contributed by atoms with van der Waals surface area (Å²) in [7, 11) is 0. The van der Waals surface area contributed by atoms with E-state index in [1.165, 1.54) is 0 Å². The quantitative estimate of drug-likeness (QED) is 0.413. The molecular formula is C28H24N2O7. The van der Waals surface area contributed by atoms with E-state index in [-0.39, 0.29) is 29.0 Å². The Kier molecular flexibility index (Phi) is 5.48. The molecule has 4 heterocycles. The maximum absolute atomic E-state index is 13.7. The molecule has 0 unspecified atom stereocenters. The highest BCUT2D eigenvalue weighted by atomic mass is 16.6. The van der Waals surface area contributed by atoms with E-state index in [0.717, 1.165) is 5.56 Å². The second-order valence-electron chi connectivity index (χ2n) is 9.30. The molecule has 0 saturated heterocycles. The Bertz CT molecular complexity index is 1670. The van der Waals surface area contributed by atoms with E-state index in [1.54, 1.807) is 60.0 Å².